The van der Waals surface area contributed by atoms with Crippen molar-refractivity contribution in [3.8, 4) is 0 Å². The van der Waals surface area contributed by atoms with Crippen molar-refractivity contribution in [2.75, 3.05) is 25.0 Å². The number of imide groups is 1. The first-order valence-corrected chi connectivity index (χ1v) is 11.7. The number of piperidine rings is 2. The summed E-state index contributed by atoms with van der Waals surface area (Å²) in [4.78, 5) is 53.6. The number of ether oxygens (including phenoxy) is 1. The van der Waals surface area contributed by atoms with Gasteiger partial charge in [0.1, 0.15) is 11.6 Å². The second-order valence-corrected chi connectivity index (χ2v) is 10.1. The van der Waals surface area contributed by atoms with Crippen LogP contribution >= 0.6 is 0 Å². The van der Waals surface area contributed by atoms with Crippen LogP contribution in [-0.2, 0) is 21.4 Å². The van der Waals surface area contributed by atoms with Gasteiger partial charge in [-0.05, 0) is 52.2 Å². The van der Waals surface area contributed by atoms with E-state index in [4.69, 9.17) is 4.74 Å². The molecule has 0 aliphatic carbocycles. The van der Waals surface area contributed by atoms with Crippen molar-refractivity contribution in [1.82, 2.24) is 19.4 Å². The quantitative estimate of drug-likeness (QED) is 0.688. The summed E-state index contributed by atoms with van der Waals surface area (Å²) in [6.45, 7) is 7.00. The highest BCUT2D eigenvalue weighted by Crippen LogP contribution is 2.31. The van der Waals surface area contributed by atoms with Gasteiger partial charge < -0.3 is 14.5 Å². The van der Waals surface area contributed by atoms with Crippen molar-refractivity contribution in [1.29, 1.82) is 0 Å². The number of nitrogens with one attached hydrogen (secondary N) is 1. The van der Waals surface area contributed by atoms with Gasteiger partial charge in [0.25, 0.3) is 0 Å². The molecule has 2 fully saturated rings. The Bertz CT molecular complexity index is 1180. The Balaban J connectivity index is 1.57. The Morgan fingerprint density at radius 1 is 1.12 bits per heavy atom. The lowest BCUT2D eigenvalue weighted by Gasteiger charge is -2.38. The fourth-order valence-corrected chi connectivity index (χ4v) is 4.88. The summed E-state index contributed by atoms with van der Waals surface area (Å²) in [5.41, 5.74) is 1.53. The van der Waals surface area contributed by atoms with Gasteiger partial charge in [0.2, 0.25) is 11.8 Å². The van der Waals surface area contributed by atoms with Crippen molar-refractivity contribution in [3.63, 3.8) is 0 Å². The van der Waals surface area contributed by atoms with E-state index in [0.717, 1.165) is 24.0 Å². The number of rotatable bonds is 3. The molecule has 10 heteroatoms. The van der Waals surface area contributed by atoms with Crippen LogP contribution in [0.15, 0.2) is 23.0 Å². The Labute approximate surface area is 198 Å². The van der Waals surface area contributed by atoms with Gasteiger partial charge in [0.15, 0.2) is 0 Å². The van der Waals surface area contributed by atoms with Crippen LogP contribution < -0.4 is 15.9 Å². The number of aryl methyl sites for hydroxylation is 1. The molecule has 4 rings (SSSR count). The Morgan fingerprint density at radius 3 is 2.41 bits per heavy atom. The molecule has 184 valence electrons. The van der Waals surface area contributed by atoms with Gasteiger partial charge in [-0.1, -0.05) is 6.07 Å². The van der Waals surface area contributed by atoms with Crippen molar-refractivity contribution >= 4 is 34.6 Å². The minimum Gasteiger partial charge on any atom is -0.444 e. The predicted molar refractivity (Wildman–Crippen MR) is 128 cm³/mol. The molecule has 1 N–H and O–H groups in total. The third kappa shape index (κ3) is 4.41. The SMILES string of the molecule is CN(C(=O)OC(C)(C)C)C1CCN(c2cccc3c2n(C)c(=O)n3C2CCC(=O)NC2=O)CC1. The number of hydrogen-bond donors (Lipinski definition) is 1. The lowest BCUT2D eigenvalue weighted by atomic mass is 10.0. The minimum absolute atomic E-state index is 0.0715. The number of imidazole rings is 1. The van der Waals surface area contributed by atoms with E-state index >= 15 is 0 Å². The molecular formula is C24H33N5O5. The van der Waals surface area contributed by atoms with Gasteiger partial charge in [-0.3, -0.25) is 24.0 Å². The topological polar surface area (TPSA) is 106 Å². The van der Waals surface area contributed by atoms with E-state index in [1.165, 1.54) is 4.57 Å². The van der Waals surface area contributed by atoms with Crippen LogP contribution in [0.5, 0.6) is 0 Å². The zero-order chi connectivity index (χ0) is 24.8. The number of aromatic nitrogens is 2. The Kier molecular flexibility index (Phi) is 6.18. The molecule has 2 saturated heterocycles. The second kappa shape index (κ2) is 8.81. The van der Waals surface area contributed by atoms with E-state index < -0.39 is 17.6 Å². The van der Waals surface area contributed by atoms with Crippen LogP contribution in [0, 0.1) is 0 Å². The van der Waals surface area contributed by atoms with Crippen LogP contribution in [-0.4, -0.2) is 63.7 Å². The summed E-state index contributed by atoms with van der Waals surface area (Å²) in [5.74, 6) is -0.753. The summed E-state index contributed by atoms with van der Waals surface area (Å²) in [6.07, 6.45) is 1.73. The first-order valence-electron chi connectivity index (χ1n) is 11.7. The summed E-state index contributed by atoms with van der Waals surface area (Å²) in [6, 6.07) is 5.07. The van der Waals surface area contributed by atoms with Crippen LogP contribution in [0.4, 0.5) is 10.5 Å². The predicted octanol–water partition coefficient (Wildman–Crippen LogP) is 2.15. The number of amides is 3. The third-order valence-electron chi connectivity index (χ3n) is 6.64. The van der Waals surface area contributed by atoms with E-state index in [1.54, 1.807) is 23.6 Å². The average Bonchev–Trinajstić information content (AvgIpc) is 3.03. The molecule has 0 spiro atoms. The van der Waals surface area contributed by atoms with Gasteiger partial charge in [-0.2, -0.15) is 0 Å². The van der Waals surface area contributed by atoms with Gasteiger partial charge in [-0.15, -0.1) is 0 Å². The van der Waals surface area contributed by atoms with Gasteiger partial charge in [0.05, 0.1) is 16.7 Å². The van der Waals surface area contributed by atoms with Gasteiger partial charge >= 0.3 is 11.8 Å². The molecule has 0 bridgehead atoms. The summed E-state index contributed by atoms with van der Waals surface area (Å²) in [7, 11) is 3.48. The molecule has 0 radical (unpaired) electrons. The zero-order valence-electron chi connectivity index (χ0n) is 20.5. The summed E-state index contributed by atoms with van der Waals surface area (Å²) < 4.78 is 8.59. The van der Waals surface area contributed by atoms with E-state index in [-0.39, 0.29) is 30.2 Å². The zero-order valence-corrected chi connectivity index (χ0v) is 20.5. The maximum Gasteiger partial charge on any atom is 0.410 e. The number of carbonyl (C=O) groups excluding carboxylic acids is 3. The van der Waals surface area contributed by atoms with Crippen molar-refractivity contribution < 1.29 is 19.1 Å². The van der Waals surface area contributed by atoms with Crippen LogP contribution in [0.2, 0.25) is 0 Å². The first kappa shape index (κ1) is 23.8. The highest BCUT2D eigenvalue weighted by atomic mass is 16.6. The monoisotopic (exact) mass is 471 g/mol. The summed E-state index contributed by atoms with van der Waals surface area (Å²) in [5, 5.41) is 2.35. The molecule has 1 unspecified atom stereocenters. The van der Waals surface area contributed by atoms with E-state index in [9.17, 15) is 19.2 Å². The number of fused-ring (bicyclic) bond motifs is 1. The number of para-hydroxylation sites is 1. The minimum atomic E-state index is -0.711. The lowest BCUT2D eigenvalue weighted by molar-refractivity contribution is -0.135. The van der Waals surface area contributed by atoms with Gasteiger partial charge in [-0.25, -0.2) is 9.59 Å². The number of nitrogens with zero attached hydrogens (tertiary/aromatic N) is 4. The maximum atomic E-state index is 13.2. The number of benzene rings is 1. The van der Waals surface area contributed by atoms with Crippen molar-refractivity contribution in [2.45, 2.75) is 64.1 Å². The highest BCUT2D eigenvalue weighted by molar-refractivity contribution is 6.00. The first-order chi connectivity index (χ1) is 16.0. The lowest BCUT2D eigenvalue weighted by Crippen LogP contribution is -2.47. The normalized spacial score (nSPS) is 19.9. The highest BCUT2D eigenvalue weighted by Gasteiger charge is 2.33. The number of carbonyl (C=O) groups is 3. The maximum absolute atomic E-state index is 13.2. The van der Waals surface area contributed by atoms with Crippen LogP contribution in [0.25, 0.3) is 11.0 Å². The van der Waals surface area contributed by atoms with E-state index in [0.29, 0.717) is 25.0 Å². The van der Waals surface area contributed by atoms with E-state index in [2.05, 4.69) is 10.2 Å². The molecule has 2 aliphatic heterocycles. The Hall–Kier alpha value is -3.30. The molecule has 0 saturated carbocycles. The smallest absolute Gasteiger partial charge is 0.410 e. The molecule has 1 aromatic carbocycles. The number of hydrogen-bond acceptors (Lipinski definition) is 6. The molecular weight excluding hydrogens is 438 g/mol. The Morgan fingerprint density at radius 2 is 1.79 bits per heavy atom. The van der Waals surface area contributed by atoms with Crippen molar-refractivity contribution in [2.24, 2.45) is 7.05 Å². The second-order valence-electron chi connectivity index (χ2n) is 10.1. The largest absolute Gasteiger partial charge is 0.444 e. The molecule has 3 heterocycles. The fraction of sp³-hybridized carbons (Fsp3) is 0.583. The molecule has 3 amide bonds. The van der Waals surface area contributed by atoms with Gasteiger partial charge in [0, 0.05) is 39.6 Å². The molecule has 34 heavy (non-hydrogen) atoms. The van der Waals surface area contributed by atoms with Crippen LogP contribution in [0.3, 0.4) is 0 Å². The molecule has 2 aromatic rings. The third-order valence-corrected chi connectivity index (χ3v) is 6.64. The molecule has 1 aromatic heterocycles. The summed E-state index contributed by atoms with van der Waals surface area (Å²) >= 11 is 0. The van der Waals surface area contributed by atoms with E-state index in [1.807, 2.05) is 39.0 Å². The van der Waals surface area contributed by atoms with Crippen molar-refractivity contribution in [3.05, 3.63) is 28.7 Å². The fourth-order valence-electron chi connectivity index (χ4n) is 4.88. The number of anilines is 1. The average molecular weight is 472 g/mol. The standard InChI is InChI=1S/C24H33N5O5/c1-24(2,3)34-23(33)26(4)15-11-13-28(14-12-15)16-7-6-8-17-20(16)27(5)22(32)29(17)18-9-10-19(30)25-21(18)31/h6-8,15,18H,9-14H2,1-5H3,(H,25,30,31). The molecule has 10 nitrogen and oxygen atoms in total. The van der Waals surface area contributed by atoms with Crippen LogP contribution in [0.1, 0.15) is 52.5 Å². The molecule has 1 atom stereocenters. The molecule has 2 aliphatic rings.